The normalized spacial score (nSPS) is 26.0. The SMILES string of the molecule is CNc1ccc(CN(CC2CC2)C2CCC(N)CC2)cc1. The highest BCUT2D eigenvalue weighted by molar-refractivity contribution is 5.43. The van der Waals surface area contributed by atoms with E-state index >= 15 is 0 Å². The highest BCUT2D eigenvalue weighted by Crippen LogP contribution is 2.33. The van der Waals surface area contributed by atoms with Gasteiger partial charge in [-0.25, -0.2) is 0 Å². The van der Waals surface area contributed by atoms with Gasteiger partial charge in [-0.3, -0.25) is 4.90 Å². The van der Waals surface area contributed by atoms with Crippen LogP contribution in [0.4, 0.5) is 5.69 Å². The predicted molar refractivity (Wildman–Crippen MR) is 89.4 cm³/mol. The van der Waals surface area contributed by atoms with Crippen molar-refractivity contribution in [2.24, 2.45) is 11.7 Å². The third-order valence-electron chi connectivity index (χ3n) is 5.08. The maximum atomic E-state index is 6.07. The van der Waals surface area contributed by atoms with Crippen LogP contribution in [0.15, 0.2) is 24.3 Å². The third kappa shape index (κ3) is 4.21. The molecule has 1 aromatic rings. The van der Waals surface area contributed by atoms with Crippen molar-refractivity contribution >= 4 is 5.69 Å². The zero-order chi connectivity index (χ0) is 14.7. The van der Waals surface area contributed by atoms with Crippen LogP contribution in [0, 0.1) is 5.92 Å². The molecule has 21 heavy (non-hydrogen) atoms. The van der Waals surface area contributed by atoms with Crippen LogP contribution < -0.4 is 11.1 Å². The van der Waals surface area contributed by atoms with E-state index < -0.39 is 0 Å². The number of rotatable bonds is 6. The summed E-state index contributed by atoms with van der Waals surface area (Å²) in [6.45, 7) is 2.38. The summed E-state index contributed by atoms with van der Waals surface area (Å²) in [6, 6.07) is 10.1. The number of hydrogen-bond donors (Lipinski definition) is 2. The average Bonchev–Trinajstić information content (AvgIpc) is 3.32. The Morgan fingerprint density at radius 1 is 1.05 bits per heavy atom. The molecule has 3 N–H and O–H groups in total. The molecule has 0 aliphatic heterocycles. The van der Waals surface area contributed by atoms with Gasteiger partial charge in [0.15, 0.2) is 0 Å². The van der Waals surface area contributed by atoms with Crippen LogP contribution in [-0.2, 0) is 6.54 Å². The van der Waals surface area contributed by atoms with Gasteiger partial charge >= 0.3 is 0 Å². The molecule has 0 radical (unpaired) electrons. The number of nitrogens with zero attached hydrogens (tertiary/aromatic N) is 1. The lowest BCUT2D eigenvalue weighted by Crippen LogP contribution is -2.41. The van der Waals surface area contributed by atoms with E-state index in [1.807, 2.05) is 7.05 Å². The maximum absolute atomic E-state index is 6.07. The topological polar surface area (TPSA) is 41.3 Å². The van der Waals surface area contributed by atoms with Gasteiger partial charge in [-0.05, 0) is 62.1 Å². The Morgan fingerprint density at radius 2 is 1.71 bits per heavy atom. The summed E-state index contributed by atoms with van der Waals surface area (Å²) in [4.78, 5) is 2.73. The van der Waals surface area contributed by atoms with Crippen molar-refractivity contribution in [3.8, 4) is 0 Å². The Balaban J connectivity index is 1.63. The minimum atomic E-state index is 0.443. The summed E-state index contributed by atoms with van der Waals surface area (Å²) in [5, 5.41) is 3.19. The fraction of sp³-hybridized carbons (Fsp3) is 0.667. The van der Waals surface area contributed by atoms with Gasteiger partial charge < -0.3 is 11.1 Å². The van der Waals surface area contributed by atoms with Gasteiger partial charge in [0.05, 0.1) is 0 Å². The largest absolute Gasteiger partial charge is 0.388 e. The summed E-state index contributed by atoms with van der Waals surface area (Å²) >= 11 is 0. The standard InChI is InChI=1S/C18H29N3/c1-20-17-8-4-15(5-9-17)13-21(12-14-2-3-14)18-10-6-16(19)7-11-18/h4-5,8-9,14,16,18,20H,2-3,6-7,10-13,19H2,1H3. The van der Waals surface area contributed by atoms with Crippen molar-refractivity contribution in [3.63, 3.8) is 0 Å². The molecule has 0 saturated heterocycles. The molecule has 0 atom stereocenters. The summed E-state index contributed by atoms with van der Waals surface area (Å²) in [5.41, 5.74) is 8.70. The van der Waals surface area contributed by atoms with Crippen LogP contribution in [0.25, 0.3) is 0 Å². The molecule has 3 nitrogen and oxygen atoms in total. The Labute approximate surface area is 128 Å². The van der Waals surface area contributed by atoms with Crippen molar-refractivity contribution in [2.75, 3.05) is 18.9 Å². The summed E-state index contributed by atoms with van der Waals surface area (Å²) < 4.78 is 0. The van der Waals surface area contributed by atoms with E-state index in [0.717, 1.165) is 18.5 Å². The molecule has 0 amide bonds. The lowest BCUT2D eigenvalue weighted by Gasteiger charge is -2.36. The van der Waals surface area contributed by atoms with E-state index in [1.165, 1.54) is 56.3 Å². The Bertz CT molecular complexity index is 430. The number of nitrogens with one attached hydrogen (secondary N) is 1. The van der Waals surface area contributed by atoms with Crippen molar-refractivity contribution in [1.82, 2.24) is 4.90 Å². The molecule has 3 rings (SSSR count). The zero-order valence-electron chi connectivity index (χ0n) is 13.2. The van der Waals surface area contributed by atoms with Crippen LogP contribution in [0.5, 0.6) is 0 Å². The molecular formula is C18H29N3. The third-order valence-corrected chi connectivity index (χ3v) is 5.08. The molecule has 0 unspecified atom stereocenters. The van der Waals surface area contributed by atoms with Crippen LogP contribution in [0.2, 0.25) is 0 Å². The minimum absolute atomic E-state index is 0.443. The van der Waals surface area contributed by atoms with Crippen molar-refractivity contribution in [2.45, 2.75) is 57.2 Å². The maximum Gasteiger partial charge on any atom is 0.0337 e. The van der Waals surface area contributed by atoms with Gasteiger partial charge in [-0.2, -0.15) is 0 Å². The molecule has 1 aromatic carbocycles. The smallest absolute Gasteiger partial charge is 0.0337 e. The molecule has 2 aliphatic carbocycles. The van der Waals surface area contributed by atoms with Gasteiger partial charge in [0, 0.05) is 37.9 Å². The highest BCUT2D eigenvalue weighted by atomic mass is 15.2. The van der Waals surface area contributed by atoms with E-state index in [9.17, 15) is 0 Å². The molecule has 116 valence electrons. The second-order valence-corrected chi connectivity index (χ2v) is 6.89. The summed E-state index contributed by atoms with van der Waals surface area (Å²) in [7, 11) is 1.97. The fourth-order valence-electron chi connectivity index (χ4n) is 3.45. The van der Waals surface area contributed by atoms with Crippen molar-refractivity contribution in [1.29, 1.82) is 0 Å². The minimum Gasteiger partial charge on any atom is -0.388 e. The first kappa shape index (κ1) is 14.9. The fourth-order valence-corrected chi connectivity index (χ4v) is 3.45. The molecule has 3 heteroatoms. The lowest BCUT2D eigenvalue weighted by molar-refractivity contribution is 0.136. The monoisotopic (exact) mass is 287 g/mol. The molecule has 0 spiro atoms. The van der Waals surface area contributed by atoms with Gasteiger partial charge in [-0.15, -0.1) is 0 Å². The quantitative estimate of drug-likeness (QED) is 0.844. The predicted octanol–water partition coefficient (Wildman–Crippen LogP) is 3.21. The second kappa shape index (κ2) is 6.80. The summed E-state index contributed by atoms with van der Waals surface area (Å²) in [6.07, 6.45) is 7.82. The van der Waals surface area contributed by atoms with E-state index in [4.69, 9.17) is 5.73 Å². The van der Waals surface area contributed by atoms with Crippen LogP contribution >= 0.6 is 0 Å². The number of nitrogens with two attached hydrogens (primary N) is 1. The first-order chi connectivity index (χ1) is 10.2. The van der Waals surface area contributed by atoms with Crippen LogP contribution in [-0.4, -0.2) is 30.6 Å². The Kier molecular flexibility index (Phi) is 4.81. The number of anilines is 1. The molecule has 0 aromatic heterocycles. The van der Waals surface area contributed by atoms with Crippen LogP contribution in [0.3, 0.4) is 0 Å². The molecule has 2 aliphatic rings. The molecule has 0 heterocycles. The molecule has 0 bridgehead atoms. The first-order valence-electron chi connectivity index (χ1n) is 8.51. The van der Waals surface area contributed by atoms with Gasteiger partial charge in [0.2, 0.25) is 0 Å². The highest BCUT2D eigenvalue weighted by Gasteiger charge is 2.30. The van der Waals surface area contributed by atoms with Crippen molar-refractivity contribution in [3.05, 3.63) is 29.8 Å². The lowest BCUT2D eigenvalue weighted by atomic mass is 9.90. The average molecular weight is 287 g/mol. The molecule has 2 saturated carbocycles. The van der Waals surface area contributed by atoms with Crippen LogP contribution in [0.1, 0.15) is 44.1 Å². The van der Waals surface area contributed by atoms with Gasteiger partial charge in [-0.1, -0.05) is 12.1 Å². The number of hydrogen-bond acceptors (Lipinski definition) is 3. The van der Waals surface area contributed by atoms with Gasteiger partial charge in [0.1, 0.15) is 0 Å². The zero-order valence-corrected chi connectivity index (χ0v) is 13.2. The Hall–Kier alpha value is -1.06. The molecule has 2 fully saturated rings. The van der Waals surface area contributed by atoms with E-state index in [1.54, 1.807) is 0 Å². The van der Waals surface area contributed by atoms with E-state index in [2.05, 4.69) is 34.5 Å². The second-order valence-electron chi connectivity index (χ2n) is 6.89. The van der Waals surface area contributed by atoms with Gasteiger partial charge in [0.25, 0.3) is 0 Å². The molecular weight excluding hydrogens is 258 g/mol. The summed E-state index contributed by atoms with van der Waals surface area (Å²) in [5.74, 6) is 0.956. The van der Waals surface area contributed by atoms with E-state index in [0.29, 0.717) is 6.04 Å². The Morgan fingerprint density at radius 3 is 2.29 bits per heavy atom. The first-order valence-corrected chi connectivity index (χ1v) is 8.51. The number of benzene rings is 1. The van der Waals surface area contributed by atoms with Crippen molar-refractivity contribution < 1.29 is 0 Å². The van der Waals surface area contributed by atoms with E-state index in [-0.39, 0.29) is 0 Å².